The number of anilines is 1. The number of sulfonamides is 1. The van der Waals surface area contributed by atoms with Crippen LogP contribution in [0.5, 0.6) is 0 Å². The molecule has 0 bridgehead atoms. The van der Waals surface area contributed by atoms with Gasteiger partial charge in [0, 0.05) is 35.8 Å². The molecule has 0 unspecified atom stereocenters. The Bertz CT molecular complexity index is 1160. The normalized spacial score (nSPS) is 15.5. The van der Waals surface area contributed by atoms with Gasteiger partial charge in [0.15, 0.2) is 0 Å². The second-order valence-electron chi connectivity index (χ2n) is 7.25. The molecule has 2 aromatic carbocycles. The van der Waals surface area contributed by atoms with E-state index in [1.54, 1.807) is 24.4 Å². The number of halogens is 1. The Morgan fingerprint density at radius 1 is 1.00 bits per heavy atom. The largest absolute Gasteiger partial charge is 0.294 e. The van der Waals surface area contributed by atoms with Crippen molar-refractivity contribution in [2.75, 3.05) is 18.4 Å². The number of hydrogen-bond acceptors (Lipinski definition) is 5. The number of aromatic nitrogens is 2. The van der Waals surface area contributed by atoms with Gasteiger partial charge in [0.25, 0.3) is 0 Å². The third kappa shape index (κ3) is 4.92. The summed E-state index contributed by atoms with van der Waals surface area (Å²) in [5.41, 5.74) is 1.65. The van der Waals surface area contributed by atoms with Crippen molar-refractivity contribution in [1.82, 2.24) is 14.3 Å². The first-order chi connectivity index (χ1) is 14.9. The van der Waals surface area contributed by atoms with Gasteiger partial charge in [0.2, 0.25) is 21.9 Å². The Morgan fingerprint density at radius 3 is 2.35 bits per heavy atom. The predicted octanol–water partition coefficient (Wildman–Crippen LogP) is 3.84. The number of piperidine rings is 1. The highest BCUT2D eigenvalue weighted by atomic mass is 35.5. The predicted molar refractivity (Wildman–Crippen MR) is 119 cm³/mol. The molecule has 2 heterocycles. The minimum atomic E-state index is -3.60. The molecule has 4 rings (SSSR count). The molecule has 0 spiro atoms. The van der Waals surface area contributed by atoms with Crippen LogP contribution in [-0.4, -0.2) is 41.7 Å². The molecular weight excluding hydrogens is 436 g/mol. The van der Waals surface area contributed by atoms with Gasteiger partial charge in [-0.3, -0.25) is 10.1 Å². The first-order valence-electron chi connectivity index (χ1n) is 9.88. The van der Waals surface area contributed by atoms with Crippen LogP contribution in [0.2, 0.25) is 5.02 Å². The zero-order valence-corrected chi connectivity index (χ0v) is 18.2. The number of nitrogens with zero attached hydrogens (tertiary/aromatic N) is 3. The molecule has 0 saturated carbocycles. The number of rotatable bonds is 5. The highest BCUT2D eigenvalue weighted by Crippen LogP contribution is 2.25. The van der Waals surface area contributed by atoms with Gasteiger partial charge in [-0.1, -0.05) is 41.9 Å². The minimum absolute atomic E-state index is 0.200. The maximum absolute atomic E-state index is 12.8. The highest BCUT2D eigenvalue weighted by molar-refractivity contribution is 7.89. The van der Waals surface area contributed by atoms with E-state index < -0.39 is 10.0 Å². The number of amides is 1. The van der Waals surface area contributed by atoms with E-state index in [1.165, 1.54) is 16.4 Å². The van der Waals surface area contributed by atoms with Crippen molar-refractivity contribution in [3.05, 3.63) is 71.9 Å². The monoisotopic (exact) mass is 456 g/mol. The molecule has 1 aliphatic heterocycles. The van der Waals surface area contributed by atoms with Crippen molar-refractivity contribution in [2.24, 2.45) is 5.92 Å². The topological polar surface area (TPSA) is 92.3 Å². The second kappa shape index (κ2) is 9.13. The molecule has 1 N–H and O–H groups in total. The first-order valence-corrected chi connectivity index (χ1v) is 11.7. The van der Waals surface area contributed by atoms with Gasteiger partial charge < -0.3 is 0 Å². The van der Waals surface area contributed by atoms with Crippen molar-refractivity contribution in [3.63, 3.8) is 0 Å². The van der Waals surface area contributed by atoms with Crippen LogP contribution in [0.4, 0.5) is 5.95 Å². The van der Waals surface area contributed by atoms with E-state index in [4.69, 9.17) is 11.6 Å². The summed E-state index contributed by atoms with van der Waals surface area (Å²) in [4.78, 5) is 21.5. The quantitative estimate of drug-likeness (QED) is 0.629. The number of benzene rings is 2. The Hall–Kier alpha value is -2.81. The van der Waals surface area contributed by atoms with Gasteiger partial charge in [0.05, 0.1) is 10.6 Å². The molecule has 0 radical (unpaired) electrons. The van der Waals surface area contributed by atoms with E-state index in [0.29, 0.717) is 17.9 Å². The number of carbonyl (C=O) groups is 1. The fraction of sp³-hybridized carbons (Fsp3) is 0.227. The van der Waals surface area contributed by atoms with Crippen LogP contribution in [0, 0.1) is 5.92 Å². The number of nitrogens with one attached hydrogen (secondary N) is 1. The molecule has 7 nitrogen and oxygen atoms in total. The van der Waals surface area contributed by atoms with Crippen LogP contribution in [0.15, 0.2) is 71.8 Å². The average Bonchev–Trinajstić information content (AvgIpc) is 2.80. The lowest BCUT2D eigenvalue weighted by molar-refractivity contribution is -0.121. The van der Waals surface area contributed by atoms with Gasteiger partial charge in [-0.15, -0.1) is 0 Å². The Balaban J connectivity index is 1.38. The third-order valence-electron chi connectivity index (χ3n) is 5.24. The van der Waals surface area contributed by atoms with Crippen LogP contribution in [0.25, 0.3) is 11.3 Å². The van der Waals surface area contributed by atoms with Gasteiger partial charge in [-0.05, 0) is 43.2 Å². The summed E-state index contributed by atoms with van der Waals surface area (Å²) in [7, 11) is -3.60. The van der Waals surface area contributed by atoms with E-state index >= 15 is 0 Å². The SMILES string of the molecule is O=C(Nc1nccc(-c2ccccc2)n1)C1CCN(S(=O)(=O)c2ccc(Cl)cc2)CC1. The summed E-state index contributed by atoms with van der Waals surface area (Å²) in [5, 5.41) is 3.25. The van der Waals surface area contributed by atoms with E-state index in [2.05, 4.69) is 15.3 Å². The van der Waals surface area contributed by atoms with E-state index in [1.807, 2.05) is 30.3 Å². The van der Waals surface area contributed by atoms with Crippen LogP contribution in [-0.2, 0) is 14.8 Å². The fourth-order valence-corrected chi connectivity index (χ4v) is 5.11. The molecule has 0 atom stereocenters. The van der Waals surface area contributed by atoms with Crippen molar-refractivity contribution in [3.8, 4) is 11.3 Å². The van der Waals surface area contributed by atoms with E-state index in [0.717, 1.165) is 11.3 Å². The first kappa shape index (κ1) is 21.4. The lowest BCUT2D eigenvalue weighted by Crippen LogP contribution is -2.41. The zero-order valence-electron chi connectivity index (χ0n) is 16.6. The Morgan fingerprint density at radius 2 is 1.68 bits per heavy atom. The lowest BCUT2D eigenvalue weighted by Gasteiger charge is -2.30. The second-order valence-corrected chi connectivity index (χ2v) is 9.63. The molecule has 160 valence electrons. The summed E-state index contributed by atoms with van der Waals surface area (Å²) >= 11 is 5.85. The van der Waals surface area contributed by atoms with Crippen LogP contribution in [0.1, 0.15) is 12.8 Å². The molecule has 0 aliphatic carbocycles. The van der Waals surface area contributed by atoms with Gasteiger partial charge >= 0.3 is 0 Å². The van der Waals surface area contributed by atoms with Gasteiger partial charge in [-0.25, -0.2) is 18.4 Å². The van der Waals surface area contributed by atoms with E-state index in [-0.39, 0.29) is 35.8 Å². The summed E-state index contributed by atoms with van der Waals surface area (Å²) in [6.07, 6.45) is 2.46. The minimum Gasteiger partial charge on any atom is -0.294 e. The average molecular weight is 457 g/mol. The molecule has 9 heteroatoms. The standard InChI is InChI=1S/C22H21ClN4O3S/c23-18-6-8-19(9-7-18)31(29,30)27-14-11-17(12-15-27)21(28)26-22-24-13-10-20(25-22)16-4-2-1-3-5-16/h1-10,13,17H,11-12,14-15H2,(H,24,25,26,28). The third-order valence-corrected chi connectivity index (χ3v) is 7.40. The van der Waals surface area contributed by atoms with Crippen LogP contribution < -0.4 is 5.32 Å². The van der Waals surface area contributed by atoms with Crippen molar-refractivity contribution >= 4 is 33.5 Å². The van der Waals surface area contributed by atoms with Crippen molar-refractivity contribution < 1.29 is 13.2 Å². The highest BCUT2D eigenvalue weighted by Gasteiger charge is 2.32. The summed E-state index contributed by atoms with van der Waals surface area (Å²) < 4.78 is 27.0. The molecule has 3 aromatic rings. The van der Waals surface area contributed by atoms with Crippen molar-refractivity contribution in [2.45, 2.75) is 17.7 Å². The molecule has 1 aromatic heterocycles. The number of hydrogen-bond donors (Lipinski definition) is 1. The maximum Gasteiger partial charge on any atom is 0.243 e. The fourth-order valence-electron chi connectivity index (χ4n) is 3.51. The molecule has 1 saturated heterocycles. The molecule has 1 amide bonds. The lowest BCUT2D eigenvalue weighted by atomic mass is 9.97. The zero-order chi connectivity index (χ0) is 21.8. The molecule has 1 aliphatic rings. The van der Waals surface area contributed by atoms with Crippen molar-refractivity contribution in [1.29, 1.82) is 0 Å². The summed E-state index contributed by atoms with van der Waals surface area (Å²) in [6.45, 7) is 0.544. The smallest absolute Gasteiger partial charge is 0.243 e. The molecular formula is C22H21ClN4O3S. The van der Waals surface area contributed by atoms with E-state index in [9.17, 15) is 13.2 Å². The Labute approximate surface area is 186 Å². The van der Waals surface area contributed by atoms with Gasteiger partial charge in [0.1, 0.15) is 0 Å². The summed E-state index contributed by atoms with van der Waals surface area (Å²) in [6, 6.07) is 17.5. The Kier molecular flexibility index (Phi) is 6.31. The maximum atomic E-state index is 12.8. The van der Waals surface area contributed by atoms with Crippen LogP contribution >= 0.6 is 11.6 Å². The van der Waals surface area contributed by atoms with Gasteiger partial charge in [-0.2, -0.15) is 4.31 Å². The van der Waals surface area contributed by atoms with Crippen LogP contribution in [0.3, 0.4) is 0 Å². The molecule has 31 heavy (non-hydrogen) atoms. The molecule has 1 fully saturated rings. The summed E-state index contributed by atoms with van der Waals surface area (Å²) in [5.74, 6) is -0.267. The number of carbonyl (C=O) groups excluding carboxylic acids is 1.